The van der Waals surface area contributed by atoms with Crippen molar-refractivity contribution in [3.8, 4) is 34.3 Å². The number of halogens is 1. The minimum absolute atomic E-state index is 0.00814. The number of aryl methyl sites for hydroxylation is 1. The molecule has 0 atom stereocenters. The predicted molar refractivity (Wildman–Crippen MR) is 130 cm³/mol. The van der Waals surface area contributed by atoms with Crippen molar-refractivity contribution < 1.29 is 9.13 Å². The SMILES string of the molecule is COc1nc(-c2ccc3nn(C)cc3c2)c(-c2ccc(C#N)c(F)c2)cc1N1CCC(N)CC1. The van der Waals surface area contributed by atoms with E-state index in [1.165, 1.54) is 12.1 Å². The maximum Gasteiger partial charge on any atom is 0.237 e. The van der Waals surface area contributed by atoms with Gasteiger partial charge in [0.2, 0.25) is 5.88 Å². The number of nitrogens with two attached hydrogens (primary N) is 1. The fourth-order valence-corrected chi connectivity index (χ4v) is 4.51. The normalized spacial score (nSPS) is 14.4. The van der Waals surface area contributed by atoms with Crippen molar-refractivity contribution in [2.75, 3.05) is 25.1 Å². The lowest BCUT2D eigenvalue weighted by Gasteiger charge is -2.33. The van der Waals surface area contributed by atoms with Crippen LogP contribution in [-0.2, 0) is 7.05 Å². The summed E-state index contributed by atoms with van der Waals surface area (Å²) >= 11 is 0. The number of anilines is 1. The maximum atomic E-state index is 14.6. The summed E-state index contributed by atoms with van der Waals surface area (Å²) < 4.78 is 22.1. The fraction of sp³-hybridized carbons (Fsp3) is 0.269. The lowest BCUT2D eigenvalue weighted by molar-refractivity contribution is 0.395. The second-order valence-corrected chi connectivity index (χ2v) is 8.62. The average Bonchev–Trinajstić information content (AvgIpc) is 3.23. The van der Waals surface area contributed by atoms with Gasteiger partial charge in [0, 0.05) is 48.9 Å². The van der Waals surface area contributed by atoms with Crippen LogP contribution < -0.4 is 15.4 Å². The Bertz CT molecular complexity index is 1420. The minimum Gasteiger partial charge on any atom is -0.480 e. The van der Waals surface area contributed by atoms with Crippen LogP contribution in [0.15, 0.2) is 48.7 Å². The van der Waals surface area contributed by atoms with Crippen LogP contribution in [0.3, 0.4) is 0 Å². The zero-order valence-electron chi connectivity index (χ0n) is 19.1. The van der Waals surface area contributed by atoms with Gasteiger partial charge in [-0.1, -0.05) is 12.1 Å². The number of pyridine rings is 1. The predicted octanol–water partition coefficient (Wildman–Crippen LogP) is 4.25. The van der Waals surface area contributed by atoms with Gasteiger partial charge in [-0.3, -0.25) is 4.68 Å². The molecule has 0 bridgehead atoms. The van der Waals surface area contributed by atoms with Gasteiger partial charge in [-0.05, 0) is 48.7 Å². The van der Waals surface area contributed by atoms with Gasteiger partial charge in [0.05, 0.1) is 23.9 Å². The van der Waals surface area contributed by atoms with Crippen molar-refractivity contribution >= 4 is 16.6 Å². The van der Waals surface area contributed by atoms with E-state index in [4.69, 9.17) is 15.5 Å². The van der Waals surface area contributed by atoms with Crippen LogP contribution in [0.1, 0.15) is 18.4 Å². The number of hydrogen-bond acceptors (Lipinski definition) is 6. The number of piperidine rings is 1. The highest BCUT2D eigenvalue weighted by Crippen LogP contribution is 2.40. The average molecular weight is 457 g/mol. The van der Waals surface area contributed by atoms with Crippen LogP contribution in [-0.4, -0.2) is 41.0 Å². The van der Waals surface area contributed by atoms with Gasteiger partial charge in [-0.2, -0.15) is 10.4 Å². The zero-order valence-corrected chi connectivity index (χ0v) is 19.1. The molecule has 5 rings (SSSR count). The summed E-state index contributed by atoms with van der Waals surface area (Å²) in [5.74, 6) is -0.0513. The molecule has 1 aliphatic rings. The molecule has 0 saturated carbocycles. The van der Waals surface area contributed by atoms with E-state index in [-0.39, 0.29) is 11.6 Å². The first kappa shape index (κ1) is 21.9. The number of ether oxygens (including phenoxy) is 1. The minimum atomic E-state index is -0.560. The summed E-state index contributed by atoms with van der Waals surface area (Å²) in [5, 5.41) is 14.6. The van der Waals surface area contributed by atoms with E-state index < -0.39 is 5.82 Å². The van der Waals surface area contributed by atoms with Crippen molar-refractivity contribution in [1.29, 1.82) is 5.26 Å². The highest BCUT2D eigenvalue weighted by molar-refractivity contribution is 5.90. The molecule has 172 valence electrons. The largest absolute Gasteiger partial charge is 0.480 e. The topological polar surface area (TPSA) is 93.0 Å². The van der Waals surface area contributed by atoms with Gasteiger partial charge in [0.25, 0.3) is 0 Å². The number of aromatic nitrogens is 3. The van der Waals surface area contributed by atoms with Crippen molar-refractivity contribution in [1.82, 2.24) is 14.8 Å². The standard InChI is InChI=1S/C26H25FN6O/c1-32-15-19-11-17(5-6-23(19)31-32)25-21(16-3-4-18(14-28)22(27)12-16)13-24(26(30-25)34-2)33-9-7-20(29)8-10-33/h3-6,11-13,15,20H,7-10,29H2,1-2H3. The Labute approximate surface area is 197 Å². The highest BCUT2D eigenvalue weighted by Gasteiger charge is 2.23. The smallest absolute Gasteiger partial charge is 0.237 e. The van der Waals surface area contributed by atoms with Gasteiger partial charge < -0.3 is 15.4 Å². The van der Waals surface area contributed by atoms with Crippen molar-refractivity contribution in [3.63, 3.8) is 0 Å². The lowest BCUT2D eigenvalue weighted by atomic mass is 9.96. The fourth-order valence-electron chi connectivity index (χ4n) is 4.51. The number of hydrogen-bond donors (Lipinski definition) is 1. The molecular weight excluding hydrogens is 431 g/mol. The molecule has 2 aromatic carbocycles. The maximum absolute atomic E-state index is 14.6. The molecule has 7 nitrogen and oxygen atoms in total. The third kappa shape index (κ3) is 3.95. The Morgan fingerprint density at radius 1 is 1.12 bits per heavy atom. The second kappa shape index (κ2) is 8.76. The number of nitriles is 1. The lowest BCUT2D eigenvalue weighted by Crippen LogP contribution is -2.39. The van der Waals surface area contributed by atoms with Crippen molar-refractivity contribution in [2.24, 2.45) is 12.8 Å². The Morgan fingerprint density at radius 3 is 2.59 bits per heavy atom. The molecule has 0 spiro atoms. The number of benzene rings is 2. The summed E-state index contributed by atoms with van der Waals surface area (Å²) in [6, 6.07) is 14.7. The Balaban J connectivity index is 1.71. The van der Waals surface area contributed by atoms with Gasteiger partial charge in [-0.25, -0.2) is 9.37 Å². The van der Waals surface area contributed by atoms with Crippen LogP contribution in [0.5, 0.6) is 5.88 Å². The van der Waals surface area contributed by atoms with Crippen LogP contribution in [0.25, 0.3) is 33.3 Å². The van der Waals surface area contributed by atoms with E-state index in [1.54, 1.807) is 17.9 Å². The second-order valence-electron chi connectivity index (χ2n) is 8.62. The van der Waals surface area contributed by atoms with Gasteiger partial charge >= 0.3 is 0 Å². The molecule has 0 radical (unpaired) electrons. The van der Waals surface area contributed by atoms with E-state index >= 15 is 0 Å². The van der Waals surface area contributed by atoms with E-state index in [9.17, 15) is 9.65 Å². The molecular formula is C26H25FN6O. The molecule has 0 unspecified atom stereocenters. The summed E-state index contributed by atoms with van der Waals surface area (Å²) in [6.45, 7) is 1.59. The van der Waals surface area contributed by atoms with Crippen molar-refractivity contribution in [2.45, 2.75) is 18.9 Å². The third-order valence-corrected chi connectivity index (χ3v) is 6.34. The molecule has 4 aromatic rings. The quantitative estimate of drug-likeness (QED) is 0.494. The van der Waals surface area contributed by atoms with Gasteiger partial charge in [-0.15, -0.1) is 0 Å². The van der Waals surface area contributed by atoms with E-state index in [0.717, 1.165) is 53.6 Å². The molecule has 0 aliphatic carbocycles. The Kier molecular flexibility index (Phi) is 5.64. The highest BCUT2D eigenvalue weighted by atomic mass is 19.1. The van der Waals surface area contributed by atoms with Gasteiger partial charge in [0.15, 0.2) is 0 Å². The van der Waals surface area contributed by atoms with Crippen LogP contribution >= 0.6 is 0 Å². The first-order valence-electron chi connectivity index (χ1n) is 11.2. The molecule has 0 amide bonds. The molecule has 1 saturated heterocycles. The van der Waals surface area contributed by atoms with Crippen molar-refractivity contribution in [3.05, 3.63) is 60.0 Å². The number of fused-ring (bicyclic) bond motifs is 1. The summed E-state index contributed by atoms with van der Waals surface area (Å²) in [4.78, 5) is 7.12. The van der Waals surface area contributed by atoms with E-state index in [0.29, 0.717) is 17.1 Å². The molecule has 1 aliphatic heterocycles. The number of nitrogens with zero attached hydrogens (tertiary/aromatic N) is 5. The molecule has 8 heteroatoms. The van der Waals surface area contributed by atoms with Crippen LogP contribution in [0.2, 0.25) is 0 Å². The first-order chi connectivity index (χ1) is 16.5. The summed E-state index contributed by atoms with van der Waals surface area (Å²) in [5.41, 5.74) is 10.8. The monoisotopic (exact) mass is 456 g/mol. The van der Waals surface area contributed by atoms with E-state index in [1.807, 2.05) is 43.6 Å². The number of rotatable bonds is 4. The van der Waals surface area contributed by atoms with Crippen LogP contribution in [0, 0.1) is 17.1 Å². The molecule has 34 heavy (non-hydrogen) atoms. The van der Waals surface area contributed by atoms with E-state index in [2.05, 4.69) is 10.00 Å². The zero-order chi connectivity index (χ0) is 23.8. The Morgan fingerprint density at radius 2 is 1.88 bits per heavy atom. The third-order valence-electron chi connectivity index (χ3n) is 6.34. The molecule has 1 fully saturated rings. The molecule has 3 heterocycles. The first-order valence-corrected chi connectivity index (χ1v) is 11.2. The molecule has 2 N–H and O–H groups in total. The Hall–Kier alpha value is -3.96. The summed E-state index contributed by atoms with van der Waals surface area (Å²) in [6.07, 6.45) is 3.70. The number of methoxy groups -OCH3 is 1. The van der Waals surface area contributed by atoms with Gasteiger partial charge in [0.1, 0.15) is 17.6 Å². The summed E-state index contributed by atoms with van der Waals surface area (Å²) in [7, 11) is 3.49. The van der Waals surface area contributed by atoms with Crippen LogP contribution in [0.4, 0.5) is 10.1 Å². The molecule has 2 aromatic heterocycles.